The molecule has 0 aromatic carbocycles. The van der Waals surface area contributed by atoms with Gasteiger partial charge in [0.1, 0.15) is 0 Å². The number of nitrogens with zero attached hydrogens (tertiary/aromatic N) is 1. The summed E-state index contributed by atoms with van der Waals surface area (Å²) in [5, 5.41) is 5.57. The van der Waals surface area contributed by atoms with Crippen molar-refractivity contribution < 1.29 is 9.59 Å². The number of carbonyl (C=O) groups is 2. The van der Waals surface area contributed by atoms with Crippen molar-refractivity contribution >= 4 is 11.9 Å². The minimum absolute atomic E-state index is 0.0235. The Labute approximate surface area is 127 Å². The van der Waals surface area contributed by atoms with Gasteiger partial charge in [0.25, 0.3) is 0 Å². The molecule has 0 saturated heterocycles. The van der Waals surface area contributed by atoms with Gasteiger partial charge in [-0.05, 0) is 24.8 Å². The molecule has 6 heteroatoms. The van der Waals surface area contributed by atoms with Crippen molar-refractivity contribution in [2.45, 2.75) is 52.0 Å². The zero-order valence-electron chi connectivity index (χ0n) is 13.6. The van der Waals surface area contributed by atoms with E-state index < -0.39 is 0 Å². The Morgan fingerprint density at radius 1 is 1.24 bits per heavy atom. The SMILES string of the molecule is CN(CC(C)(C)CN)C(=O)CNC(=O)NC1CCCCC1. The average molecular weight is 298 g/mol. The van der Waals surface area contributed by atoms with E-state index in [0.717, 1.165) is 12.8 Å². The predicted octanol–water partition coefficient (Wildman–Crippen LogP) is 1.06. The second-order valence-corrected chi connectivity index (χ2v) is 6.78. The second kappa shape index (κ2) is 8.22. The maximum Gasteiger partial charge on any atom is 0.315 e. The van der Waals surface area contributed by atoms with Gasteiger partial charge in [-0.1, -0.05) is 33.1 Å². The number of hydrogen-bond acceptors (Lipinski definition) is 3. The van der Waals surface area contributed by atoms with E-state index in [2.05, 4.69) is 10.6 Å². The topological polar surface area (TPSA) is 87.5 Å². The molecular formula is C15H30N4O2. The molecule has 1 aliphatic carbocycles. The smallest absolute Gasteiger partial charge is 0.315 e. The van der Waals surface area contributed by atoms with Crippen LogP contribution >= 0.6 is 0 Å². The van der Waals surface area contributed by atoms with Crippen molar-refractivity contribution in [3.8, 4) is 0 Å². The number of nitrogens with one attached hydrogen (secondary N) is 2. The van der Waals surface area contributed by atoms with Crippen LogP contribution in [0.5, 0.6) is 0 Å². The molecule has 0 bridgehead atoms. The zero-order valence-corrected chi connectivity index (χ0v) is 13.6. The lowest BCUT2D eigenvalue weighted by molar-refractivity contribution is -0.129. The minimum atomic E-state index is -0.248. The molecule has 0 aromatic rings. The van der Waals surface area contributed by atoms with E-state index in [4.69, 9.17) is 5.73 Å². The molecule has 0 atom stereocenters. The van der Waals surface area contributed by atoms with Crippen molar-refractivity contribution in [2.75, 3.05) is 26.7 Å². The monoisotopic (exact) mass is 298 g/mol. The van der Waals surface area contributed by atoms with Crippen LogP contribution in [0.2, 0.25) is 0 Å². The first-order chi connectivity index (χ1) is 9.84. The van der Waals surface area contributed by atoms with Gasteiger partial charge < -0.3 is 21.3 Å². The van der Waals surface area contributed by atoms with Gasteiger partial charge in [0, 0.05) is 19.6 Å². The number of likely N-dealkylation sites (N-methyl/N-ethyl adjacent to an activating group) is 1. The van der Waals surface area contributed by atoms with E-state index >= 15 is 0 Å². The highest BCUT2D eigenvalue weighted by Crippen LogP contribution is 2.17. The third-order valence-corrected chi connectivity index (χ3v) is 3.98. The molecule has 1 aliphatic rings. The molecule has 1 saturated carbocycles. The molecule has 0 radical (unpaired) electrons. The highest BCUT2D eigenvalue weighted by Gasteiger charge is 2.21. The third kappa shape index (κ3) is 6.80. The molecule has 6 nitrogen and oxygen atoms in total. The van der Waals surface area contributed by atoms with Gasteiger partial charge in [-0.3, -0.25) is 4.79 Å². The van der Waals surface area contributed by atoms with Crippen molar-refractivity contribution in [3.63, 3.8) is 0 Å². The molecule has 0 aliphatic heterocycles. The molecule has 4 N–H and O–H groups in total. The zero-order chi connectivity index (χ0) is 15.9. The lowest BCUT2D eigenvalue weighted by Gasteiger charge is -2.29. The second-order valence-electron chi connectivity index (χ2n) is 6.78. The molecule has 0 spiro atoms. The standard InChI is InChI=1S/C15H30N4O2/c1-15(2,10-16)11-19(3)13(20)9-17-14(21)18-12-7-5-4-6-8-12/h12H,4-11,16H2,1-3H3,(H2,17,18,21). The molecule has 1 rings (SSSR count). The molecule has 0 unspecified atom stereocenters. The lowest BCUT2D eigenvalue weighted by atomic mass is 9.93. The highest BCUT2D eigenvalue weighted by molar-refractivity contribution is 5.83. The Balaban J connectivity index is 2.26. The predicted molar refractivity (Wildman–Crippen MR) is 83.9 cm³/mol. The Hall–Kier alpha value is -1.30. The van der Waals surface area contributed by atoms with E-state index in [0.29, 0.717) is 13.1 Å². The van der Waals surface area contributed by atoms with Gasteiger partial charge >= 0.3 is 6.03 Å². The van der Waals surface area contributed by atoms with E-state index in [9.17, 15) is 9.59 Å². The van der Waals surface area contributed by atoms with Crippen molar-refractivity contribution in [1.29, 1.82) is 0 Å². The Kier molecular flexibility index (Phi) is 6.95. The maximum atomic E-state index is 12.0. The van der Waals surface area contributed by atoms with Crippen LogP contribution < -0.4 is 16.4 Å². The van der Waals surface area contributed by atoms with Gasteiger partial charge in [0.15, 0.2) is 0 Å². The summed E-state index contributed by atoms with van der Waals surface area (Å²) in [7, 11) is 1.74. The van der Waals surface area contributed by atoms with Crippen LogP contribution in [-0.2, 0) is 4.79 Å². The molecular weight excluding hydrogens is 268 g/mol. The fraction of sp³-hybridized carbons (Fsp3) is 0.867. The van der Waals surface area contributed by atoms with Crippen LogP contribution in [0.1, 0.15) is 46.0 Å². The van der Waals surface area contributed by atoms with E-state index in [1.807, 2.05) is 13.8 Å². The summed E-state index contributed by atoms with van der Waals surface area (Å²) >= 11 is 0. The van der Waals surface area contributed by atoms with Gasteiger partial charge in [0.2, 0.25) is 5.91 Å². The first kappa shape index (κ1) is 17.8. The van der Waals surface area contributed by atoms with Crippen molar-refractivity contribution in [1.82, 2.24) is 15.5 Å². The first-order valence-corrected chi connectivity index (χ1v) is 7.82. The van der Waals surface area contributed by atoms with Crippen LogP contribution in [0.25, 0.3) is 0 Å². The fourth-order valence-electron chi connectivity index (χ4n) is 2.57. The number of hydrogen-bond donors (Lipinski definition) is 3. The third-order valence-electron chi connectivity index (χ3n) is 3.98. The number of urea groups is 1. The van der Waals surface area contributed by atoms with Crippen LogP contribution in [0, 0.1) is 5.41 Å². The number of nitrogens with two attached hydrogens (primary N) is 1. The average Bonchev–Trinajstić information content (AvgIpc) is 2.45. The molecule has 21 heavy (non-hydrogen) atoms. The number of amides is 3. The molecule has 3 amide bonds. The van der Waals surface area contributed by atoms with Gasteiger partial charge in [-0.15, -0.1) is 0 Å². The summed E-state index contributed by atoms with van der Waals surface area (Å²) in [5.41, 5.74) is 5.55. The van der Waals surface area contributed by atoms with Crippen LogP contribution in [0.3, 0.4) is 0 Å². The molecule has 122 valence electrons. The summed E-state index contributed by atoms with van der Waals surface area (Å²) in [4.78, 5) is 25.4. The van der Waals surface area contributed by atoms with E-state index in [1.165, 1.54) is 19.3 Å². The first-order valence-electron chi connectivity index (χ1n) is 7.82. The molecule has 0 heterocycles. The van der Waals surface area contributed by atoms with E-state index in [1.54, 1.807) is 11.9 Å². The Morgan fingerprint density at radius 2 is 1.86 bits per heavy atom. The summed E-state index contributed by atoms with van der Waals surface area (Å²) in [6, 6.07) is 0.00416. The van der Waals surface area contributed by atoms with Crippen LogP contribution in [0.15, 0.2) is 0 Å². The maximum absolute atomic E-state index is 12.0. The number of rotatable bonds is 6. The Bertz CT molecular complexity index is 352. The minimum Gasteiger partial charge on any atom is -0.344 e. The summed E-state index contributed by atoms with van der Waals surface area (Å²) in [6.45, 7) is 5.14. The quantitative estimate of drug-likeness (QED) is 0.685. The summed E-state index contributed by atoms with van der Waals surface area (Å²) in [6.07, 6.45) is 5.65. The van der Waals surface area contributed by atoms with Crippen molar-refractivity contribution in [2.24, 2.45) is 11.1 Å². The van der Waals surface area contributed by atoms with Gasteiger partial charge in [0.05, 0.1) is 6.54 Å². The normalized spacial score (nSPS) is 16.4. The summed E-state index contributed by atoms with van der Waals surface area (Å²) in [5.74, 6) is -0.102. The van der Waals surface area contributed by atoms with Crippen molar-refractivity contribution in [3.05, 3.63) is 0 Å². The van der Waals surface area contributed by atoms with E-state index in [-0.39, 0.29) is 29.9 Å². The fourth-order valence-corrected chi connectivity index (χ4v) is 2.57. The van der Waals surface area contributed by atoms with Gasteiger partial charge in [-0.25, -0.2) is 4.79 Å². The van der Waals surface area contributed by atoms with Gasteiger partial charge in [-0.2, -0.15) is 0 Å². The van der Waals surface area contributed by atoms with Crippen LogP contribution in [-0.4, -0.2) is 49.6 Å². The van der Waals surface area contributed by atoms with Crippen LogP contribution in [0.4, 0.5) is 4.79 Å². The lowest BCUT2D eigenvalue weighted by Crippen LogP contribution is -2.48. The number of carbonyl (C=O) groups excluding carboxylic acids is 2. The largest absolute Gasteiger partial charge is 0.344 e. The molecule has 1 fully saturated rings. The summed E-state index contributed by atoms with van der Waals surface area (Å²) < 4.78 is 0. The Morgan fingerprint density at radius 3 is 2.43 bits per heavy atom. The highest BCUT2D eigenvalue weighted by atomic mass is 16.2. The molecule has 0 aromatic heterocycles.